The second-order valence-corrected chi connectivity index (χ2v) is 5.40. The fraction of sp³-hybridized carbons (Fsp3) is 1.00. The van der Waals surface area contributed by atoms with Crippen LogP contribution in [0.25, 0.3) is 0 Å². The molecule has 1 N–H and O–H groups in total. The zero-order valence-corrected chi connectivity index (χ0v) is 11.9. The van der Waals surface area contributed by atoms with Crippen LogP contribution in [0.15, 0.2) is 0 Å². The first kappa shape index (κ1) is 14.9. The van der Waals surface area contributed by atoms with E-state index in [1.54, 1.807) is 0 Å². The Morgan fingerprint density at radius 3 is 2.59 bits per heavy atom. The summed E-state index contributed by atoms with van der Waals surface area (Å²) in [5, 5.41) is 3.56. The van der Waals surface area contributed by atoms with Crippen LogP contribution in [0.3, 0.4) is 0 Å². The summed E-state index contributed by atoms with van der Waals surface area (Å²) in [4.78, 5) is 4.59. The van der Waals surface area contributed by atoms with Crippen LogP contribution in [0, 0.1) is 0 Å². The van der Waals surface area contributed by atoms with Gasteiger partial charge in [-0.3, -0.25) is 0 Å². The van der Waals surface area contributed by atoms with Crippen LogP contribution in [0.1, 0.15) is 19.8 Å². The Labute approximate surface area is 106 Å². The third-order valence-corrected chi connectivity index (χ3v) is 3.41. The van der Waals surface area contributed by atoms with E-state index in [1.165, 1.54) is 12.8 Å². The normalized spacial score (nSPS) is 22.6. The van der Waals surface area contributed by atoms with Gasteiger partial charge in [0.2, 0.25) is 0 Å². The van der Waals surface area contributed by atoms with Crippen LogP contribution < -0.4 is 5.32 Å². The van der Waals surface area contributed by atoms with E-state index in [2.05, 4.69) is 43.2 Å². The maximum atomic E-state index is 5.67. The fourth-order valence-electron chi connectivity index (χ4n) is 2.09. The van der Waals surface area contributed by atoms with E-state index in [1.807, 2.05) is 0 Å². The summed E-state index contributed by atoms with van der Waals surface area (Å²) in [5.41, 5.74) is 0. The van der Waals surface area contributed by atoms with Gasteiger partial charge in [0.05, 0.1) is 6.10 Å². The maximum Gasteiger partial charge on any atom is 0.0726 e. The molecule has 2 atom stereocenters. The van der Waals surface area contributed by atoms with Crippen molar-refractivity contribution in [1.29, 1.82) is 0 Å². The minimum atomic E-state index is 0.432. The summed E-state index contributed by atoms with van der Waals surface area (Å²) >= 11 is 0. The highest BCUT2D eigenvalue weighted by molar-refractivity contribution is 4.76. The lowest BCUT2D eigenvalue weighted by Crippen LogP contribution is -2.41. The molecule has 4 nitrogen and oxygen atoms in total. The van der Waals surface area contributed by atoms with Crippen molar-refractivity contribution in [2.24, 2.45) is 0 Å². The fourth-order valence-corrected chi connectivity index (χ4v) is 2.09. The molecule has 0 aliphatic carbocycles. The van der Waals surface area contributed by atoms with Crippen LogP contribution in [-0.4, -0.2) is 75.9 Å². The van der Waals surface area contributed by atoms with Crippen LogP contribution in [0.4, 0.5) is 0 Å². The van der Waals surface area contributed by atoms with Crippen molar-refractivity contribution in [2.45, 2.75) is 31.9 Å². The molecule has 0 aromatic rings. The van der Waals surface area contributed by atoms with Crippen molar-refractivity contribution in [3.63, 3.8) is 0 Å². The van der Waals surface area contributed by atoms with Crippen molar-refractivity contribution in [1.82, 2.24) is 15.1 Å². The van der Waals surface area contributed by atoms with Gasteiger partial charge >= 0.3 is 0 Å². The third kappa shape index (κ3) is 6.36. The Morgan fingerprint density at radius 1 is 1.24 bits per heavy atom. The molecular formula is C13H29N3O. The summed E-state index contributed by atoms with van der Waals surface area (Å²) in [6.07, 6.45) is 2.87. The molecule has 0 aromatic carbocycles. The molecule has 0 radical (unpaired) electrons. The molecule has 102 valence electrons. The Bertz CT molecular complexity index is 193. The molecule has 0 spiro atoms. The molecule has 1 heterocycles. The molecule has 0 aromatic heterocycles. The predicted molar refractivity (Wildman–Crippen MR) is 72.5 cm³/mol. The molecule has 1 aliphatic rings. The number of hydrogen-bond acceptors (Lipinski definition) is 4. The molecule has 17 heavy (non-hydrogen) atoms. The smallest absolute Gasteiger partial charge is 0.0726 e. The van der Waals surface area contributed by atoms with E-state index in [9.17, 15) is 0 Å². The van der Waals surface area contributed by atoms with E-state index < -0.39 is 0 Å². The Hall–Kier alpha value is -0.160. The van der Waals surface area contributed by atoms with Crippen molar-refractivity contribution in [3.8, 4) is 0 Å². The molecule has 0 bridgehead atoms. The van der Waals surface area contributed by atoms with Crippen molar-refractivity contribution in [3.05, 3.63) is 0 Å². The topological polar surface area (TPSA) is 27.7 Å². The Morgan fingerprint density at radius 2 is 2.00 bits per heavy atom. The maximum absolute atomic E-state index is 5.67. The minimum Gasteiger partial charge on any atom is -0.377 e. The predicted octanol–water partition coefficient (Wildman–Crippen LogP) is 0.637. The zero-order valence-electron chi connectivity index (χ0n) is 11.9. The van der Waals surface area contributed by atoms with Crippen molar-refractivity contribution >= 4 is 0 Å². The largest absolute Gasteiger partial charge is 0.377 e. The first-order chi connectivity index (χ1) is 8.09. The number of likely N-dealkylation sites (N-methyl/N-ethyl adjacent to an activating group) is 2. The van der Waals surface area contributed by atoms with Gasteiger partial charge in [-0.05, 0) is 40.9 Å². The number of nitrogens with one attached hydrogen (secondary N) is 1. The van der Waals surface area contributed by atoms with Crippen LogP contribution in [0.2, 0.25) is 0 Å². The lowest BCUT2D eigenvalue weighted by molar-refractivity contribution is 0.0829. The van der Waals surface area contributed by atoms with Gasteiger partial charge < -0.3 is 19.9 Å². The summed E-state index contributed by atoms with van der Waals surface area (Å²) in [6.45, 7) is 7.58. The van der Waals surface area contributed by atoms with Gasteiger partial charge in [-0.1, -0.05) is 0 Å². The van der Waals surface area contributed by atoms with Crippen LogP contribution in [-0.2, 0) is 4.74 Å². The van der Waals surface area contributed by atoms with Gasteiger partial charge in [0.15, 0.2) is 0 Å². The molecule has 1 saturated heterocycles. The average Bonchev–Trinajstić information content (AvgIpc) is 2.79. The van der Waals surface area contributed by atoms with Crippen LogP contribution >= 0.6 is 0 Å². The number of nitrogens with zero attached hydrogens (tertiary/aromatic N) is 2. The molecule has 0 amide bonds. The monoisotopic (exact) mass is 243 g/mol. The molecule has 1 fully saturated rings. The molecular weight excluding hydrogens is 214 g/mol. The standard InChI is InChI=1S/C13H29N3O/c1-12(13-6-5-11-17-13)14-7-8-16(4)10-9-15(2)3/h12-14H,5-11H2,1-4H3. The van der Waals surface area contributed by atoms with Gasteiger partial charge in [0.25, 0.3) is 0 Å². The molecule has 1 rings (SSSR count). The number of rotatable bonds is 8. The summed E-state index contributed by atoms with van der Waals surface area (Å²) in [6, 6.07) is 0.486. The van der Waals surface area contributed by atoms with Gasteiger partial charge in [0, 0.05) is 38.8 Å². The summed E-state index contributed by atoms with van der Waals surface area (Å²) in [5.74, 6) is 0. The minimum absolute atomic E-state index is 0.432. The number of ether oxygens (including phenoxy) is 1. The zero-order chi connectivity index (χ0) is 12.7. The van der Waals surface area contributed by atoms with Crippen molar-refractivity contribution in [2.75, 3.05) is 53.9 Å². The summed E-state index contributed by atoms with van der Waals surface area (Å²) < 4.78 is 5.67. The lowest BCUT2D eigenvalue weighted by Gasteiger charge is -2.23. The Kier molecular flexibility index (Phi) is 7.04. The highest BCUT2D eigenvalue weighted by Crippen LogP contribution is 2.14. The van der Waals surface area contributed by atoms with Gasteiger partial charge in [-0.15, -0.1) is 0 Å². The molecule has 1 aliphatic heterocycles. The summed E-state index contributed by atoms with van der Waals surface area (Å²) in [7, 11) is 6.42. The van der Waals surface area contributed by atoms with Crippen molar-refractivity contribution < 1.29 is 4.74 Å². The third-order valence-electron chi connectivity index (χ3n) is 3.41. The molecule has 0 saturated carbocycles. The number of hydrogen-bond donors (Lipinski definition) is 1. The van der Waals surface area contributed by atoms with E-state index in [0.717, 1.165) is 32.8 Å². The first-order valence-corrected chi connectivity index (χ1v) is 6.78. The quantitative estimate of drug-likeness (QED) is 0.677. The second-order valence-electron chi connectivity index (χ2n) is 5.40. The SMILES string of the molecule is CC(NCCN(C)CCN(C)C)C1CCCO1. The molecule has 4 heteroatoms. The Balaban J connectivity index is 2.02. The van der Waals surface area contributed by atoms with Gasteiger partial charge in [-0.2, -0.15) is 0 Å². The van der Waals surface area contributed by atoms with E-state index in [0.29, 0.717) is 12.1 Å². The second kappa shape index (κ2) is 8.03. The van der Waals surface area contributed by atoms with E-state index >= 15 is 0 Å². The van der Waals surface area contributed by atoms with Gasteiger partial charge in [-0.25, -0.2) is 0 Å². The highest BCUT2D eigenvalue weighted by atomic mass is 16.5. The van der Waals surface area contributed by atoms with Gasteiger partial charge in [0.1, 0.15) is 0 Å². The van der Waals surface area contributed by atoms with E-state index in [-0.39, 0.29) is 0 Å². The average molecular weight is 243 g/mol. The lowest BCUT2D eigenvalue weighted by atomic mass is 10.1. The first-order valence-electron chi connectivity index (χ1n) is 6.78. The highest BCUT2D eigenvalue weighted by Gasteiger charge is 2.21. The van der Waals surface area contributed by atoms with Crippen LogP contribution in [0.5, 0.6) is 0 Å². The van der Waals surface area contributed by atoms with E-state index in [4.69, 9.17) is 4.74 Å². The molecule has 2 unspecified atom stereocenters.